The molecule has 3 aromatic rings. The van der Waals surface area contributed by atoms with Gasteiger partial charge in [-0.2, -0.15) is 4.98 Å². The van der Waals surface area contributed by atoms with Gasteiger partial charge in [-0.1, -0.05) is 47.9 Å². The highest BCUT2D eigenvalue weighted by molar-refractivity contribution is 6.30. The third-order valence-electron chi connectivity index (χ3n) is 4.93. The maximum absolute atomic E-state index is 13.0. The first-order valence-corrected chi connectivity index (χ1v) is 9.53. The van der Waals surface area contributed by atoms with Crippen molar-refractivity contribution in [2.45, 2.75) is 32.2 Å². The number of benzene rings is 2. The lowest BCUT2D eigenvalue weighted by Gasteiger charge is -2.22. The summed E-state index contributed by atoms with van der Waals surface area (Å²) in [6.45, 7) is 2.79. The number of nitrogens with zero attached hydrogens (tertiary/aromatic N) is 3. The first-order valence-electron chi connectivity index (χ1n) is 9.15. The van der Waals surface area contributed by atoms with E-state index in [2.05, 4.69) is 17.1 Å². The molecule has 0 spiro atoms. The Morgan fingerprint density at radius 2 is 2.07 bits per heavy atom. The molecule has 0 saturated carbocycles. The number of aryl methyl sites for hydroxylation is 1. The number of halogens is 1. The van der Waals surface area contributed by atoms with Gasteiger partial charge in [0, 0.05) is 22.7 Å². The van der Waals surface area contributed by atoms with E-state index in [1.165, 1.54) is 5.56 Å². The van der Waals surface area contributed by atoms with Crippen LogP contribution in [0.1, 0.15) is 47.6 Å². The lowest BCUT2D eigenvalue weighted by Crippen LogP contribution is -2.30. The zero-order chi connectivity index (χ0) is 18.8. The van der Waals surface area contributed by atoms with Crippen molar-refractivity contribution in [1.82, 2.24) is 15.0 Å². The molecule has 138 valence electrons. The summed E-state index contributed by atoms with van der Waals surface area (Å²) in [6.07, 6.45) is 2.68. The number of likely N-dealkylation sites (tertiary alicyclic amines) is 1. The Labute approximate surface area is 163 Å². The molecular formula is C21H20ClN3O2. The van der Waals surface area contributed by atoms with Crippen molar-refractivity contribution in [3.8, 4) is 11.4 Å². The van der Waals surface area contributed by atoms with Crippen molar-refractivity contribution in [3.05, 3.63) is 70.6 Å². The normalized spacial score (nSPS) is 16.7. The highest BCUT2D eigenvalue weighted by atomic mass is 35.5. The van der Waals surface area contributed by atoms with Gasteiger partial charge in [-0.25, -0.2) is 0 Å². The lowest BCUT2D eigenvalue weighted by molar-refractivity contribution is 0.0710. The predicted molar refractivity (Wildman–Crippen MR) is 104 cm³/mol. The van der Waals surface area contributed by atoms with E-state index in [0.29, 0.717) is 28.8 Å². The summed E-state index contributed by atoms with van der Waals surface area (Å²) in [7, 11) is 0. The summed E-state index contributed by atoms with van der Waals surface area (Å²) in [6, 6.07) is 14.9. The van der Waals surface area contributed by atoms with E-state index in [0.717, 1.165) is 24.8 Å². The fraction of sp³-hybridized carbons (Fsp3) is 0.286. The number of aromatic nitrogens is 2. The minimum Gasteiger partial charge on any atom is -0.337 e. The van der Waals surface area contributed by atoms with E-state index >= 15 is 0 Å². The topological polar surface area (TPSA) is 59.2 Å². The second-order valence-electron chi connectivity index (χ2n) is 6.67. The molecule has 2 heterocycles. The standard InChI is InChI=1S/C21H20ClN3O2/c1-2-14-8-10-15(11-9-14)21(26)25-12-4-7-18(25)20-23-19(24-27-20)16-5-3-6-17(22)13-16/h3,5-6,8-11,13,18H,2,4,7,12H2,1H3. The van der Waals surface area contributed by atoms with E-state index < -0.39 is 0 Å². The quantitative estimate of drug-likeness (QED) is 0.642. The van der Waals surface area contributed by atoms with E-state index in [9.17, 15) is 4.79 Å². The van der Waals surface area contributed by atoms with E-state index in [1.54, 1.807) is 12.1 Å². The molecule has 0 radical (unpaired) electrons. The van der Waals surface area contributed by atoms with Crippen LogP contribution in [0.3, 0.4) is 0 Å². The molecule has 5 nitrogen and oxygen atoms in total. The molecule has 1 amide bonds. The highest BCUT2D eigenvalue weighted by Crippen LogP contribution is 2.33. The Morgan fingerprint density at radius 3 is 2.81 bits per heavy atom. The van der Waals surface area contributed by atoms with Crippen LogP contribution >= 0.6 is 11.6 Å². The van der Waals surface area contributed by atoms with Gasteiger partial charge in [0.15, 0.2) is 0 Å². The third-order valence-corrected chi connectivity index (χ3v) is 5.17. The van der Waals surface area contributed by atoms with Crippen molar-refractivity contribution in [3.63, 3.8) is 0 Å². The summed E-state index contributed by atoms with van der Waals surface area (Å²) in [5.74, 6) is 0.961. The van der Waals surface area contributed by atoms with Gasteiger partial charge in [-0.05, 0) is 49.1 Å². The summed E-state index contributed by atoms with van der Waals surface area (Å²) in [4.78, 5) is 19.3. The van der Waals surface area contributed by atoms with Crippen LogP contribution < -0.4 is 0 Å². The van der Waals surface area contributed by atoms with Gasteiger partial charge in [-0.15, -0.1) is 0 Å². The Balaban J connectivity index is 1.57. The largest absolute Gasteiger partial charge is 0.337 e. The summed E-state index contributed by atoms with van der Waals surface area (Å²) < 4.78 is 5.50. The van der Waals surface area contributed by atoms with Gasteiger partial charge in [0.25, 0.3) is 5.91 Å². The molecule has 1 atom stereocenters. The van der Waals surface area contributed by atoms with Crippen LogP contribution in [0.4, 0.5) is 0 Å². The molecule has 1 unspecified atom stereocenters. The minimum absolute atomic E-state index is 0.00246. The molecule has 0 aliphatic carbocycles. The zero-order valence-corrected chi connectivity index (χ0v) is 15.8. The van der Waals surface area contributed by atoms with E-state index in [1.807, 2.05) is 41.3 Å². The van der Waals surface area contributed by atoms with Crippen molar-refractivity contribution < 1.29 is 9.32 Å². The third kappa shape index (κ3) is 3.60. The van der Waals surface area contributed by atoms with Gasteiger partial charge in [0.1, 0.15) is 6.04 Å². The fourth-order valence-corrected chi connectivity index (χ4v) is 3.62. The summed E-state index contributed by atoms with van der Waals surface area (Å²) in [5.41, 5.74) is 2.70. The van der Waals surface area contributed by atoms with Crippen molar-refractivity contribution in [2.75, 3.05) is 6.54 Å². The minimum atomic E-state index is -0.191. The van der Waals surface area contributed by atoms with Gasteiger partial charge in [0.2, 0.25) is 11.7 Å². The molecule has 6 heteroatoms. The molecule has 0 N–H and O–H groups in total. The van der Waals surface area contributed by atoms with Gasteiger partial charge < -0.3 is 9.42 Å². The summed E-state index contributed by atoms with van der Waals surface area (Å²) >= 11 is 6.04. The van der Waals surface area contributed by atoms with E-state index in [4.69, 9.17) is 16.1 Å². The molecule has 0 bridgehead atoms. The van der Waals surface area contributed by atoms with Crippen molar-refractivity contribution in [1.29, 1.82) is 0 Å². The second-order valence-corrected chi connectivity index (χ2v) is 7.11. The van der Waals surface area contributed by atoms with Crippen molar-refractivity contribution >= 4 is 17.5 Å². The van der Waals surface area contributed by atoms with Crippen LogP contribution in [-0.2, 0) is 6.42 Å². The Morgan fingerprint density at radius 1 is 1.26 bits per heavy atom. The van der Waals surface area contributed by atoms with E-state index in [-0.39, 0.29) is 11.9 Å². The maximum atomic E-state index is 13.0. The summed E-state index contributed by atoms with van der Waals surface area (Å²) in [5, 5.41) is 4.70. The van der Waals surface area contributed by atoms with Gasteiger partial charge >= 0.3 is 0 Å². The molecule has 1 aromatic heterocycles. The average molecular weight is 382 g/mol. The molecule has 27 heavy (non-hydrogen) atoms. The Kier molecular flexibility index (Phi) is 4.94. The molecular weight excluding hydrogens is 362 g/mol. The lowest BCUT2D eigenvalue weighted by atomic mass is 10.1. The van der Waals surface area contributed by atoms with Crippen LogP contribution in [0.15, 0.2) is 53.1 Å². The maximum Gasteiger partial charge on any atom is 0.254 e. The first kappa shape index (κ1) is 17.7. The van der Waals surface area contributed by atoms with Crippen LogP contribution in [0.5, 0.6) is 0 Å². The van der Waals surface area contributed by atoms with Crippen molar-refractivity contribution in [2.24, 2.45) is 0 Å². The van der Waals surface area contributed by atoms with Crippen LogP contribution in [0.2, 0.25) is 5.02 Å². The Hall–Kier alpha value is -2.66. The molecule has 1 saturated heterocycles. The zero-order valence-electron chi connectivity index (χ0n) is 15.1. The predicted octanol–water partition coefficient (Wildman–Crippen LogP) is 4.93. The fourth-order valence-electron chi connectivity index (χ4n) is 3.43. The number of amides is 1. The number of rotatable bonds is 4. The number of carbonyl (C=O) groups excluding carboxylic acids is 1. The number of carbonyl (C=O) groups is 1. The molecule has 1 fully saturated rings. The highest BCUT2D eigenvalue weighted by Gasteiger charge is 2.34. The number of hydrogen-bond donors (Lipinski definition) is 0. The Bertz CT molecular complexity index is 952. The van der Waals surface area contributed by atoms with Crippen LogP contribution in [0.25, 0.3) is 11.4 Å². The first-order chi connectivity index (χ1) is 13.2. The monoisotopic (exact) mass is 381 g/mol. The number of hydrogen-bond acceptors (Lipinski definition) is 4. The van der Waals surface area contributed by atoms with Gasteiger partial charge in [-0.3, -0.25) is 4.79 Å². The van der Waals surface area contributed by atoms with Crippen LogP contribution in [-0.4, -0.2) is 27.5 Å². The molecule has 4 rings (SSSR count). The smallest absolute Gasteiger partial charge is 0.254 e. The SMILES string of the molecule is CCc1ccc(C(=O)N2CCCC2c2nc(-c3cccc(Cl)c3)no2)cc1. The average Bonchev–Trinajstić information content (AvgIpc) is 3.37. The van der Waals surface area contributed by atoms with Crippen LogP contribution in [0, 0.1) is 0 Å². The molecule has 1 aliphatic heterocycles. The molecule has 2 aromatic carbocycles. The molecule has 1 aliphatic rings. The second kappa shape index (κ2) is 7.53. The van der Waals surface area contributed by atoms with Gasteiger partial charge in [0.05, 0.1) is 0 Å².